The van der Waals surface area contributed by atoms with Crippen LogP contribution in [0.4, 0.5) is 0 Å². The van der Waals surface area contributed by atoms with Gasteiger partial charge in [0.25, 0.3) is 0 Å². The van der Waals surface area contributed by atoms with Gasteiger partial charge in [0, 0.05) is 0 Å². The van der Waals surface area contributed by atoms with Crippen LogP contribution in [-0.2, 0) is 9.05 Å². The fraction of sp³-hybridized carbons (Fsp3) is 1.00. The first kappa shape index (κ1) is 22.3. The van der Waals surface area contributed by atoms with E-state index >= 15 is 0 Å². The van der Waals surface area contributed by atoms with Gasteiger partial charge in [-0.25, -0.2) is 0 Å². The van der Waals surface area contributed by atoms with E-state index in [1.807, 2.05) is 0 Å². The molecule has 0 aliphatic rings. The summed E-state index contributed by atoms with van der Waals surface area (Å²) in [6.07, 6.45) is 4.29. The normalized spacial score (nSPS) is 16.1. The van der Waals surface area contributed by atoms with Crippen LogP contribution in [0.15, 0.2) is 0 Å². The van der Waals surface area contributed by atoms with Gasteiger partial charge in [-0.3, -0.25) is 0 Å². The Morgan fingerprint density at radius 3 is 1.36 bits per heavy atom. The molecule has 0 spiro atoms. The minimum atomic E-state index is -1.71. The number of hydrogen-bond donors (Lipinski definition) is 1. The second kappa shape index (κ2) is 10.2. The molecule has 22 heavy (non-hydrogen) atoms. The van der Waals surface area contributed by atoms with Gasteiger partial charge >= 0.3 is 8.60 Å². The van der Waals surface area contributed by atoms with Crippen LogP contribution in [0.3, 0.4) is 0 Å². The van der Waals surface area contributed by atoms with Gasteiger partial charge in [0.05, 0.1) is 13.2 Å². The SMILES string of the molecule is C[C@@H](CCOP(O)OCC[C@H](C)CC(C)(C)C)CC(C)(C)C. The molecule has 0 aromatic carbocycles. The van der Waals surface area contributed by atoms with Crippen LogP contribution in [0.5, 0.6) is 0 Å². The second-order valence-corrected chi connectivity index (χ2v) is 10.2. The summed E-state index contributed by atoms with van der Waals surface area (Å²) in [7, 11) is -1.71. The van der Waals surface area contributed by atoms with Crippen molar-refractivity contribution in [2.24, 2.45) is 22.7 Å². The van der Waals surface area contributed by atoms with Gasteiger partial charge in [0.1, 0.15) is 0 Å². The molecule has 0 bridgehead atoms. The smallest absolute Gasteiger partial charge is 0.328 e. The lowest BCUT2D eigenvalue weighted by molar-refractivity contribution is 0.170. The van der Waals surface area contributed by atoms with Crippen LogP contribution >= 0.6 is 8.60 Å². The fourth-order valence-corrected chi connectivity index (χ4v) is 3.59. The maximum Gasteiger partial charge on any atom is 0.329 e. The third kappa shape index (κ3) is 15.2. The van der Waals surface area contributed by atoms with Crippen molar-refractivity contribution in [3.63, 3.8) is 0 Å². The quantitative estimate of drug-likeness (QED) is 0.486. The van der Waals surface area contributed by atoms with E-state index in [4.69, 9.17) is 9.05 Å². The van der Waals surface area contributed by atoms with Crippen molar-refractivity contribution in [2.45, 2.75) is 81.1 Å². The van der Waals surface area contributed by atoms with Crippen molar-refractivity contribution in [3.8, 4) is 0 Å². The molecule has 0 radical (unpaired) electrons. The third-order valence-corrected chi connectivity index (χ3v) is 4.35. The van der Waals surface area contributed by atoms with E-state index in [9.17, 15) is 4.89 Å². The van der Waals surface area contributed by atoms with E-state index in [0.29, 0.717) is 35.9 Å². The van der Waals surface area contributed by atoms with Crippen molar-refractivity contribution < 1.29 is 13.9 Å². The van der Waals surface area contributed by atoms with E-state index < -0.39 is 8.60 Å². The molecule has 0 aliphatic carbocycles. The Hall–Kier alpha value is 0.310. The maximum absolute atomic E-state index is 9.76. The molecule has 3 nitrogen and oxygen atoms in total. The topological polar surface area (TPSA) is 38.7 Å². The fourth-order valence-electron chi connectivity index (χ4n) is 3.00. The third-order valence-electron chi connectivity index (χ3n) is 3.55. The maximum atomic E-state index is 9.76. The molecule has 1 N–H and O–H groups in total. The molecule has 0 aromatic rings. The Balaban J connectivity index is 3.68. The Bertz CT molecular complexity index is 253. The second-order valence-electron chi connectivity index (χ2n) is 9.22. The molecule has 0 amide bonds. The summed E-state index contributed by atoms with van der Waals surface area (Å²) in [5.41, 5.74) is 0.701. The van der Waals surface area contributed by atoms with Gasteiger partial charge in [-0.2, -0.15) is 0 Å². The zero-order chi connectivity index (χ0) is 17.4. The van der Waals surface area contributed by atoms with Crippen molar-refractivity contribution in [1.82, 2.24) is 0 Å². The Kier molecular flexibility index (Phi) is 10.4. The summed E-state index contributed by atoms with van der Waals surface area (Å²) >= 11 is 0. The minimum Gasteiger partial charge on any atom is -0.328 e. The van der Waals surface area contributed by atoms with E-state index in [0.717, 1.165) is 12.8 Å². The first-order valence-electron chi connectivity index (χ1n) is 8.64. The monoisotopic (exact) mass is 334 g/mol. The lowest BCUT2D eigenvalue weighted by Crippen LogP contribution is -2.13. The standard InChI is InChI=1S/C18H39O3P/c1-15(13-17(3,4)5)9-11-20-22(19)21-12-10-16(2)14-18(6,7)8/h15-16,19H,9-14H2,1-8H3/t15-,16-/m0/s1. The average Bonchev–Trinajstić information content (AvgIpc) is 2.23. The lowest BCUT2D eigenvalue weighted by Gasteiger charge is -2.24. The predicted molar refractivity (Wildman–Crippen MR) is 96.7 cm³/mol. The molecule has 0 saturated heterocycles. The molecular weight excluding hydrogens is 295 g/mol. The van der Waals surface area contributed by atoms with E-state index in [2.05, 4.69) is 55.4 Å². The summed E-state index contributed by atoms with van der Waals surface area (Å²) in [6.45, 7) is 19.2. The van der Waals surface area contributed by atoms with Gasteiger partial charge in [0.2, 0.25) is 0 Å². The Labute approximate surface area is 140 Å². The van der Waals surface area contributed by atoms with Gasteiger partial charge < -0.3 is 13.9 Å². The highest BCUT2D eigenvalue weighted by Crippen LogP contribution is 2.35. The van der Waals surface area contributed by atoms with Crippen molar-refractivity contribution in [2.75, 3.05) is 13.2 Å². The van der Waals surface area contributed by atoms with Crippen molar-refractivity contribution >= 4 is 8.60 Å². The van der Waals surface area contributed by atoms with Crippen LogP contribution in [0, 0.1) is 22.7 Å². The Morgan fingerprint density at radius 1 is 0.773 bits per heavy atom. The highest BCUT2D eigenvalue weighted by molar-refractivity contribution is 7.40. The molecule has 4 heteroatoms. The molecule has 0 aliphatic heterocycles. The molecule has 0 unspecified atom stereocenters. The largest absolute Gasteiger partial charge is 0.329 e. The molecule has 0 heterocycles. The molecule has 134 valence electrons. The van der Waals surface area contributed by atoms with Gasteiger partial charge in [0.15, 0.2) is 0 Å². The highest BCUT2D eigenvalue weighted by Gasteiger charge is 2.17. The molecular formula is C18H39O3P. The van der Waals surface area contributed by atoms with E-state index in [1.54, 1.807) is 0 Å². The van der Waals surface area contributed by atoms with Gasteiger partial charge in [-0.05, 0) is 48.3 Å². The molecule has 2 atom stereocenters. The van der Waals surface area contributed by atoms with Crippen LogP contribution in [0.25, 0.3) is 0 Å². The van der Waals surface area contributed by atoms with Crippen LogP contribution in [0.2, 0.25) is 0 Å². The number of rotatable bonds is 10. The molecule has 0 aromatic heterocycles. The highest BCUT2D eigenvalue weighted by atomic mass is 31.2. The molecule has 0 saturated carbocycles. The van der Waals surface area contributed by atoms with Crippen LogP contribution < -0.4 is 0 Å². The van der Waals surface area contributed by atoms with Gasteiger partial charge in [-0.15, -0.1) is 0 Å². The zero-order valence-electron chi connectivity index (χ0n) is 16.1. The molecule has 0 fully saturated rings. The van der Waals surface area contributed by atoms with Crippen LogP contribution in [-0.4, -0.2) is 18.1 Å². The summed E-state index contributed by atoms with van der Waals surface area (Å²) < 4.78 is 10.8. The summed E-state index contributed by atoms with van der Waals surface area (Å²) in [4.78, 5) is 9.76. The average molecular weight is 334 g/mol. The first-order chi connectivity index (χ1) is 9.89. The summed E-state index contributed by atoms with van der Waals surface area (Å²) in [5, 5.41) is 0. The predicted octanol–water partition coefficient (Wildman–Crippen LogP) is 6.16. The summed E-state index contributed by atoms with van der Waals surface area (Å²) in [6, 6.07) is 0. The van der Waals surface area contributed by atoms with E-state index in [-0.39, 0.29) is 0 Å². The zero-order valence-corrected chi connectivity index (χ0v) is 17.0. The summed E-state index contributed by atoms with van der Waals surface area (Å²) in [5.74, 6) is 1.21. The van der Waals surface area contributed by atoms with Crippen molar-refractivity contribution in [3.05, 3.63) is 0 Å². The first-order valence-corrected chi connectivity index (χ1v) is 9.77. The van der Waals surface area contributed by atoms with E-state index in [1.165, 1.54) is 12.8 Å². The Morgan fingerprint density at radius 2 is 1.09 bits per heavy atom. The van der Waals surface area contributed by atoms with Gasteiger partial charge in [-0.1, -0.05) is 55.4 Å². The minimum absolute atomic E-state index is 0.350. The number of hydrogen-bond acceptors (Lipinski definition) is 3. The molecule has 0 rings (SSSR count). The lowest BCUT2D eigenvalue weighted by atomic mass is 9.84. The van der Waals surface area contributed by atoms with Crippen LogP contribution in [0.1, 0.15) is 81.1 Å². The van der Waals surface area contributed by atoms with Crippen molar-refractivity contribution in [1.29, 1.82) is 0 Å².